The molecule has 23 heteroatoms. The number of nitrogens with one attached hydrogen (secondary N) is 1. The molecule has 1 amide bonds. The van der Waals surface area contributed by atoms with E-state index < -0.39 is 88.2 Å². The minimum atomic E-state index is -8.75. The first-order valence-electron chi connectivity index (χ1n) is 9.62. The summed E-state index contributed by atoms with van der Waals surface area (Å²) in [5.74, 6) is -54.6. The van der Waals surface area contributed by atoms with Gasteiger partial charge in [0.1, 0.15) is 11.6 Å². The third-order valence-electron chi connectivity index (χ3n) is 4.30. The van der Waals surface area contributed by atoms with Crippen LogP contribution in [0.3, 0.4) is 0 Å². The zero-order valence-corrected chi connectivity index (χ0v) is 20.6. The SMILES string of the molecule is COC(=O)[C@H](CSC(F)(F)C(F)(F)C(F)(F)C(F)(F)C(F)(F)C(F)(F)C(F)(F)C(F)(F)F)NC(=O)OC(C)(C)C. The number of esters is 1. The van der Waals surface area contributed by atoms with Crippen LogP contribution in [-0.2, 0) is 14.3 Å². The van der Waals surface area contributed by atoms with Gasteiger partial charge in [0.15, 0.2) is 0 Å². The maximum atomic E-state index is 14.0. The van der Waals surface area contributed by atoms with Gasteiger partial charge in [-0.25, -0.2) is 9.59 Å². The molecule has 1 atom stereocenters. The van der Waals surface area contributed by atoms with E-state index in [0.29, 0.717) is 7.11 Å². The third kappa shape index (κ3) is 6.52. The second-order valence-electron chi connectivity index (χ2n) is 8.49. The first-order chi connectivity index (χ1) is 17.2. The minimum absolute atomic E-state index is 0.497. The second-order valence-corrected chi connectivity index (χ2v) is 9.63. The van der Waals surface area contributed by atoms with Gasteiger partial charge >= 0.3 is 59.0 Å². The smallest absolute Gasteiger partial charge is 0.460 e. The number of methoxy groups -OCH3 is 1. The number of rotatable bonds is 11. The normalized spacial score (nSPS) is 15.9. The van der Waals surface area contributed by atoms with E-state index in [0.717, 1.165) is 0 Å². The van der Waals surface area contributed by atoms with Gasteiger partial charge in [0.05, 0.1) is 7.11 Å². The largest absolute Gasteiger partial charge is 0.467 e. The van der Waals surface area contributed by atoms with Crippen LogP contribution in [0.25, 0.3) is 0 Å². The van der Waals surface area contributed by atoms with Crippen molar-refractivity contribution in [1.29, 1.82) is 0 Å². The summed E-state index contributed by atoms with van der Waals surface area (Å²) in [6.45, 7) is 3.61. The number of halogens is 17. The summed E-state index contributed by atoms with van der Waals surface area (Å²) in [5.41, 5.74) is -1.36. The Balaban J connectivity index is 6.43. The summed E-state index contributed by atoms with van der Waals surface area (Å²) < 4.78 is 235. The summed E-state index contributed by atoms with van der Waals surface area (Å²) in [6, 6.07) is -2.54. The fourth-order valence-corrected chi connectivity index (χ4v) is 3.09. The van der Waals surface area contributed by atoms with Crippen LogP contribution < -0.4 is 5.32 Å². The topological polar surface area (TPSA) is 64.6 Å². The molecule has 0 saturated carbocycles. The van der Waals surface area contributed by atoms with Crippen molar-refractivity contribution in [3.8, 4) is 0 Å². The first kappa shape index (κ1) is 37.9. The number of alkyl carbamates (subject to hydrolysis) is 1. The Kier molecular flexibility index (Phi) is 10.4. The van der Waals surface area contributed by atoms with E-state index in [9.17, 15) is 84.2 Å². The summed E-state index contributed by atoms with van der Waals surface area (Å²) in [4.78, 5) is 23.3. The lowest BCUT2D eigenvalue weighted by molar-refractivity contribution is -0.458. The highest BCUT2D eigenvalue weighted by Gasteiger charge is 2.95. The molecule has 0 aromatic heterocycles. The molecular formula is C17H16F17NO4S. The standard InChI is InChI=1S/C17H16F17NO4S/c1-9(2,3)39-8(37)35-6(7(36)38-4)5-40-17(33,34)15(28,29)13(24,25)11(20,21)10(18,19)12(22,23)14(26,27)16(30,31)32/h6H,5H2,1-4H3,(H,35,37)/t6-/m0/s1. The lowest BCUT2D eigenvalue weighted by Crippen LogP contribution is -2.74. The number of hydrogen-bond acceptors (Lipinski definition) is 5. The quantitative estimate of drug-likeness (QED) is 0.198. The van der Waals surface area contributed by atoms with E-state index in [2.05, 4.69) is 9.47 Å². The van der Waals surface area contributed by atoms with Crippen LogP contribution in [0.1, 0.15) is 20.8 Å². The summed E-state index contributed by atoms with van der Waals surface area (Å²) in [7, 11) is 0.497. The van der Waals surface area contributed by atoms with Gasteiger partial charge in [-0.15, -0.1) is 0 Å². The number of carbonyl (C=O) groups excluding carboxylic acids is 2. The van der Waals surface area contributed by atoms with Gasteiger partial charge in [-0.1, -0.05) is 11.8 Å². The summed E-state index contributed by atoms with van der Waals surface area (Å²) in [5, 5.41) is -5.39. The molecule has 238 valence electrons. The lowest BCUT2D eigenvalue weighted by atomic mass is 9.91. The molecule has 0 aromatic rings. The molecule has 0 heterocycles. The molecule has 5 nitrogen and oxygen atoms in total. The van der Waals surface area contributed by atoms with Gasteiger partial charge in [0.2, 0.25) is 0 Å². The minimum Gasteiger partial charge on any atom is -0.467 e. The monoisotopic (exact) mass is 653 g/mol. The van der Waals surface area contributed by atoms with Crippen LogP contribution in [0.5, 0.6) is 0 Å². The molecule has 0 rings (SSSR count). The van der Waals surface area contributed by atoms with Crippen molar-refractivity contribution >= 4 is 23.8 Å². The van der Waals surface area contributed by atoms with Crippen molar-refractivity contribution < 1.29 is 93.7 Å². The molecule has 0 aliphatic heterocycles. The molecule has 0 radical (unpaired) electrons. The maximum Gasteiger partial charge on any atom is 0.460 e. The van der Waals surface area contributed by atoms with E-state index in [1.165, 1.54) is 26.1 Å². The zero-order chi connectivity index (χ0) is 32.8. The Morgan fingerprint density at radius 1 is 0.650 bits per heavy atom. The Hall–Kier alpha value is -2.10. The van der Waals surface area contributed by atoms with Crippen molar-refractivity contribution in [2.24, 2.45) is 0 Å². The lowest BCUT2D eigenvalue weighted by Gasteiger charge is -2.42. The van der Waals surface area contributed by atoms with E-state index in [-0.39, 0.29) is 0 Å². The maximum absolute atomic E-state index is 14.0. The van der Waals surface area contributed by atoms with E-state index in [1.807, 2.05) is 0 Å². The fraction of sp³-hybridized carbons (Fsp3) is 0.882. The van der Waals surface area contributed by atoms with Crippen molar-refractivity contribution in [2.45, 2.75) is 79.4 Å². The Labute approximate surface area is 216 Å². The van der Waals surface area contributed by atoms with Crippen LogP contribution in [0.2, 0.25) is 0 Å². The average Bonchev–Trinajstić information content (AvgIpc) is 2.72. The summed E-state index contributed by atoms with van der Waals surface area (Å²) >= 11 is -1.96. The number of ether oxygens (including phenoxy) is 2. The fourth-order valence-electron chi connectivity index (χ4n) is 2.19. The third-order valence-corrected chi connectivity index (χ3v) is 5.42. The van der Waals surface area contributed by atoms with Gasteiger partial charge in [-0.2, -0.15) is 74.6 Å². The Morgan fingerprint density at radius 3 is 1.32 bits per heavy atom. The van der Waals surface area contributed by atoms with Crippen molar-refractivity contribution in [3.63, 3.8) is 0 Å². The van der Waals surface area contributed by atoms with E-state index >= 15 is 0 Å². The summed E-state index contributed by atoms with van der Waals surface area (Å²) in [6.07, 6.45) is -9.51. The van der Waals surface area contributed by atoms with Crippen LogP contribution in [-0.4, -0.2) is 83.5 Å². The molecule has 0 fully saturated rings. The predicted molar refractivity (Wildman–Crippen MR) is 98.3 cm³/mol. The van der Waals surface area contributed by atoms with Crippen molar-refractivity contribution in [1.82, 2.24) is 5.32 Å². The van der Waals surface area contributed by atoms with Gasteiger partial charge in [0.25, 0.3) is 0 Å². The van der Waals surface area contributed by atoms with Crippen LogP contribution >= 0.6 is 11.8 Å². The molecule has 0 aliphatic rings. The van der Waals surface area contributed by atoms with E-state index in [4.69, 9.17) is 0 Å². The first-order valence-corrected chi connectivity index (χ1v) is 10.6. The Morgan fingerprint density at radius 2 is 1.00 bits per heavy atom. The Bertz CT molecular complexity index is 930. The highest BCUT2D eigenvalue weighted by Crippen LogP contribution is 2.64. The molecule has 0 unspecified atom stereocenters. The number of hydrogen-bond donors (Lipinski definition) is 1. The molecule has 0 aromatic carbocycles. The number of carbonyl (C=O) groups is 2. The molecule has 0 bridgehead atoms. The van der Waals surface area contributed by atoms with Crippen molar-refractivity contribution in [2.75, 3.05) is 12.9 Å². The molecule has 0 aliphatic carbocycles. The highest BCUT2D eigenvalue weighted by atomic mass is 32.2. The van der Waals surface area contributed by atoms with Crippen LogP contribution in [0.4, 0.5) is 79.4 Å². The molecule has 0 saturated heterocycles. The number of alkyl halides is 17. The number of thioether (sulfide) groups is 1. The van der Waals surface area contributed by atoms with Crippen LogP contribution in [0, 0.1) is 0 Å². The molecule has 1 N–H and O–H groups in total. The van der Waals surface area contributed by atoms with Gasteiger partial charge in [0, 0.05) is 5.75 Å². The zero-order valence-electron chi connectivity index (χ0n) is 19.8. The number of amides is 1. The second kappa shape index (κ2) is 11.0. The van der Waals surface area contributed by atoms with Gasteiger partial charge < -0.3 is 14.8 Å². The molecule has 0 spiro atoms. The average molecular weight is 653 g/mol. The highest BCUT2D eigenvalue weighted by molar-refractivity contribution is 8.00. The molecular weight excluding hydrogens is 637 g/mol. The van der Waals surface area contributed by atoms with E-state index in [1.54, 1.807) is 0 Å². The van der Waals surface area contributed by atoms with Crippen LogP contribution in [0.15, 0.2) is 0 Å². The van der Waals surface area contributed by atoms with Crippen molar-refractivity contribution in [3.05, 3.63) is 0 Å². The predicted octanol–water partition coefficient (Wildman–Crippen LogP) is 6.75. The molecule has 40 heavy (non-hydrogen) atoms. The van der Waals surface area contributed by atoms with Gasteiger partial charge in [-0.05, 0) is 20.8 Å². The van der Waals surface area contributed by atoms with Gasteiger partial charge in [-0.3, -0.25) is 0 Å².